The number of amides is 2. The van der Waals surface area contributed by atoms with Gasteiger partial charge in [0.05, 0.1) is 17.4 Å². The summed E-state index contributed by atoms with van der Waals surface area (Å²) in [5.41, 5.74) is 3.73. The van der Waals surface area contributed by atoms with Crippen LogP contribution in [0.3, 0.4) is 0 Å². The van der Waals surface area contributed by atoms with Gasteiger partial charge in [-0.15, -0.1) is 0 Å². The highest BCUT2D eigenvalue weighted by Gasteiger charge is 2.32. The number of halogens is 1. The van der Waals surface area contributed by atoms with E-state index in [0.717, 1.165) is 23.4 Å². The fourth-order valence-corrected chi connectivity index (χ4v) is 4.41. The summed E-state index contributed by atoms with van der Waals surface area (Å²) in [6.07, 6.45) is 2.82. The molecule has 4 rings (SSSR count). The van der Waals surface area contributed by atoms with Gasteiger partial charge in [-0.25, -0.2) is 4.98 Å². The summed E-state index contributed by atoms with van der Waals surface area (Å²) in [6, 6.07) is 13.1. The van der Waals surface area contributed by atoms with E-state index in [-0.39, 0.29) is 17.2 Å². The number of rotatable bonds is 6. The van der Waals surface area contributed by atoms with Crippen LogP contribution in [0, 0.1) is 0 Å². The van der Waals surface area contributed by atoms with Gasteiger partial charge in [-0.05, 0) is 48.6 Å². The lowest BCUT2D eigenvalue weighted by Crippen LogP contribution is -2.29. The lowest BCUT2D eigenvalue weighted by atomic mass is 9.80. The number of carbonyl (C=O) groups excluding carboxylic acids is 2. The average molecular weight is 493 g/mol. The highest BCUT2D eigenvalue weighted by atomic mass is 35.5. The number of benzene rings is 2. The van der Waals surface area contributed by atoms with Crippen molar-refractivity contribution in [2.75, 3.05) is 29.1 Å². The number of nitrogens with zero attached hydrogens (tertiary/aromatic N) is 3. The first-order valence-electron chi connectivity index (χ1n) is 11.6. The van der Waals surface area contributed by atoms with Gasteiger partial charge in [0, 0.05) is 31.4 Å². The Morgan fingerprint density at radius 1 is 1.17 bits per heavy atom. The van der Waals surface area contributed by atoms with Crippen LogP contribution >= 0.6 is 11.6 Å². The molecule has 2 amide bonds. The maximum atomic E-state index is 12.7. The SMILES string of the molecule is CCN1C(=O)CCC(C)(C)c2ccc(Nc3ncc(Cl)c(Nc4ccccc4C(=O)NC)n3)cc21. The highest BCUT2D eigenvalue weighted by molar-refractivity contribution is 6.33. The Labute approximate surface area is 210 Å². The predicted molar refractivity (Wildman–Crippen MR) is 140 cm³/mol. The molecular formula is C26H29ClN6O2. The zero-order valence-corrected chi connectivity index (χ0v) is 21.0. The topological polar surface area (TPSA) is 99.3 Å². The minimum atomic E-state index is -0.223. The monoisotopic (exact) mass is 492 g/mol. The van der Waals surface area contributed by atoms with Crippen LogP contribution in [0.1, 0.15) is 49.5 Å². The second-order valence-electron chi connectivity index (χ2n) is 9.02. The van der Waals surface area contributed by atoms with Crippen LogP contribution < -0.4 is 20.9 Å². The third kappa shape index (κ3) is 5.07. The maximum absolute atomic E-state index is 12.7. The van der Waals surface area contributed by atoms with Gasteiger partial charge in [0.1, 0.15) is 5.02 Å². The van der Waals surface area contributed by atoms with Crippen LogP contribution in [0.15, 0.2) is 48.7 Å². The Morgan fingerprint density at radius 2 is 1.94 bits per heavy atom. The maximum Gasteiger partial charge on any atom is 0.253 e. The normalized spacial score (nSPS) is 14.7. The van der Waals surface area contributed by atoms with Crippen molar-refractivity contribution in [3.8, 4) is 0 Å². The molecule has 0 spiro atoms. The Hall–Kier alpha value is -3.65. The molecule has 0 saturated heterocycles. The molecule has 9 heteroatoms. The minimum Gasteiger partial charge on any atom is -0.355 e. The summed E-state index contributed by atoms with van der Waals surface area (Å²) in [5, 5.41) is 9.30. The number of fused-ring (bicyclic) bond motifs is 1. The van der Waals surface area contributed by atoms with Gasteiger partial charge >= 0.3 is 0 Å². The van der Waals surface area contributed by atoms with E-state index in [2.05, 4.69) is 45.8 Å². The van der Waals surface area contributed by atoms with Gasteiger partial charge in [0.25, 0.3) is 5.91 Å². The van der Waals surface area contributed by atoms with Gasteiger partial charge in [-0.1, -0.05) is 43.6 Å². The highest BCUT2D eigenvalue weighted by Crippen LogP contribution is 2.40. The zero-order chi connectivity index (χ0) is 25.2. The van der Waals surface area contributed by atoms with Crippen LogP contribution in [-0.2, 0) is 10.2 Å². The molecule has 0 radical (unpaired) electrons. The van der Waals surface area contributed by atoms with Crippen molar-refractivity contribution in [3.63, 3.8) is 0 Å². The first-order valence-corrected chi connectivity index (χ1v) is 11.9. The number of hydrogen-bond donors (Lipinski definition) is 3. The molecule has 1 aliphatic heterocycles. The average Bonchev–Trinajstić information content (AvgIpc) is 2.94. The van der Waals surface area contributed by atoms with E-state index < -0.39 is 0 Å². The molecule has 0 saturated carbocycles. The molecule has 2 heterocycles. The molecule has 0 bridgehead atoms. The van der Waals surface area contributed by atoms with Gasteiger partial charge in [-0.3, -0.25) is 9.59 Å². The van der Waals surface area contributed by atoms with Crippen molar-refractivity contribution >= 4 is 52.2 Å². The second kappa shape index (κ2) is 9.92. The zero-order valence-electron chi connectivity index (χ0n) is 20.3. The Kier molecular flexibility index (Phi) is 6.93. The fraction of sp³-hybridized carbons (Fsp3) is 0.308. The van der Waals surface area contributed by atoms with E-state index in [1.165, 1.54) is 6.20 Å². The molecule has 2 aromatic carbocycles. The summed E-state index contributed by atoms with van der Waals surface area (Å²) in [7, 11) is 1.58. The number of anilines is 5. The number of para-hydroxylation sites is 1. The molecule has 1 aromatic heterocycles. The largest absolute Gasteiger partial charge is 0.355 e. The lowest BCUT2D eigenvalue weighted by molar-refractivity contribution is -0.118. The third-order valence-corrected chi connectivity index (χ3v) is 6.53. The Balaban J connectivity index is 1.65. The van der Waals surface area contributed by atoms with Crippen LogP contribution in [0.4, 0.5) is 28.8 Å². The van der Waals surface area contributed by atoms with Gasteiger partial charge in [0.2, 0.25) is 11.9 Å². The van der Waals surface area contributed by atoms with Crippen LogP contribution in [0.5, 0.6) is 0 Å². The van der Waals surface area contributed by atoms with E-state index in [9.17, 15) is 9.59 Å². The molecule has 8 nitrogen and oxygen atoms in total. The second-order valence-corrected chi connectivity index (χ2v) is 9.43. The van der Waals surface area contributed by atoms with Gasteiger partial charge in [0.15, 0.2) is 5.82 Å². The Bertz CT molecular complexity index is 1280. The summed E-state index contributed by atoms with van der Waals surface area (Å²) in [5.74, 6) is 0.596. The first-order chi connectivity index (χ1) is 16.7. The molecular weight excluding hydrogens is 464 g/mol. The molecule has 0 unspecified atom stereocenters. The van der Waals surface area contributed by atoms with E-state index in [0.29, 0.717) is 41.0 Å². The van der Waals surface area contributed by atoms with Gasteiger partial charge in [-0.2, -0.15) is 4.98 Å². The molecule has 3 N–H and O–H groups in total. The van der Waals surface area contributed by atoms with Crippen LogP contribution in [-0.4, -0.2) is 35.4 Å². The van der Waals surface area contributed by atoms with E-state index in [1.807, 2.05) is 30.0 Å². The van der Waals surface area contributed by atoms with Crippen LogP contribution in [0.2, 0.25) is 5.02 Å². The molecule has 0 aliphatic carbocycles. The Morgan fingerprint density at radius 3 is 2.69 bits per heavy atom. The van der Waals surface area contributed by atoms with E-state index >= 15 is 0 Å². The van der Waals surface area contributed by atoms with Crippen molar-refractivity contribution in [2.45, 2.75) is 39.0 Å². The standard InChI is InChI=1S/C26H29ClN6O2/c1-5-33-21-14-16(10-11-18(21)26(2,3)13-12-22(33)34)30-25-29-15-19(27)23(32-25)31-20-9-7-6-8-17(20)24(35)28-4/h6-11,14-15H,5,12-13H2,1-4H3,(H,28,35)(H2,29,30,31,32). The molecule has 1 aliphatic rings. The van der Waals surface area contributed by atoms with E-state index in [4.69, 9.17) is 11.6 Å². The molecule has 3 aromatic rings. The summed E-state index contributed by atoms with van der Waals surface area (Å²) >= 11 is 6.35. The van der Waals surface area contributed by atoms with Crippen molar-refractivity contribution in [1.29, 1.82) is 0 Å². The number of hydrogen-bond acceptors (Lipinski definition) is 6. The summed E-state index contributed by atoms with van der Waals surface area (Å²) in [4.78, 5) is 35.6. The van der Waals surface area contributed by atoms with Crippen molar-refractivity contribution in [3.05, 3.63) is 64.8 Å². The number of carbonyl (C=O) groups is 2. The van der Waals surface area contributed by atoms with E-state index in [1.54, 1.807) is 25.2 Å². The van der Waals surface area contributed by atoms with Crippen molar-refractivity contribution in [1.82, 2.24) is 15.3 Å². The molecule has 182 valence electrons. The smallest absolute Gasteiger partial charge is 0.253 e. The number of aromatic nitrogens is 2. The molecule has 35 heavy (non-hydrogen) atoms. The third-order valence-electron chi connectivity index (χ3n) is 6.25. The minimum absolute atomic E-state index is 0.112. The molecule has 0 fully saturated rings. The summed E-state index contributed by atoms with van der Waals surface area (Å²) < 4.78 is 0. The van der Waals surface area contributed by atoms with Gasteiger partial charge < -0.3 is 20.9 Å². The summed E-state index contributed by atoms with van der Waals surface area (Å²) in [6.45, 7) is 6.92. The molecule has 0 atom stereocenters. The van der Waals surface area contributed by atoms with Crippen molar-refractivity contribution < 1.29 is 9.59 Å². The number of nitrogens with one attached hydrogen (secondary N) is 3. The fourth-order valence-electron chi connectivity index (χ4n) is 4.27. The van der Waals surface area contributed by atoms with Crippen LogP contribution in [0.25, 0.3) is 0 Å². The predicted octanol–water partition coefficient (Wildman–Crippen LogP) is 5.40. The quantitative estimate of drug-likeness (QED) is 0.426. The first kappa shape index (κ1) is 24.5. The van der Waals surface area contributed by atoms with Crippen molar-refractivity contribution in [2.24, 2.45) is 0 Å². The lowest BCUT2D eigenvalue weighted by Gasteiger charge is -2.27.